The largest absolute Gasteiger partial charge is 0.454 e. The molecule has 1 aliphatic carbocycles. The van der Waals surface area contributed by atoms with Crippen LogP contribution >= 0.6 is 0 Å². The van der Waals surface area contributed by atoms with Gasteiger partial charge in [-0.2, -0.15) is 0 Å². The van der Waals surface area contributed by atoms with Crippen LogP contribution in [0.25, 0.3) is 0 Å². The van der Waals surface area contributed by atoms with Gasteiger partial charge in [0.25, 0.3) is 11.8 Å². The van der Waals surface area contributed by atoms with Crippen molar-refractivity contribution in [2.75, 3.05) is 20.2 Å². The molecule has 2 amide bonds. The Morgan fingerprint density at radius 2 is 1.92 bits per heavy atom. The molecule has 1 N–H and O–H groups in total. The second-order valence-corrected chi connectivity index (χ2v) is 6.51. The molecule has 1 fully saturated rings. The number of ether oxygens (including phenoxy) is 1. The first kappa shape index (κ1) is 19.0. The first-order valence-electron chi connectivity index (χ1n) is 8.73. The molecule has 0 radical (unpaired) electrons. The normalized spacial score (nSPS) is 14.6. The standard InChI is InChI=1S/C19H26N2O4/c1-14-7-6-8-15(11-14)19(24)20-12-18(23)25-13-17(22)21(2)16-9-4-3-5-10-16/h6-8,11,16H,3-5,9-10,12-13H2,1-2H3,(H,20,24). The van der Waals surface area contributed by atoms with Crippen molar-refractivity contribution in [3.8, 4) is 0 Å². The summed E-state index contributed by atoms with van der Waals surface area (Å²) < 4.78 is 4.98. The van der Waals surface area contributed by atoms with Crippen LogP contribution < -0.4 is 5.32 Å². The van der Waals surface area contributed by atoms with Gasteiger partial charge in [-0.15, -0.1) is 0 Å². The average molecular weight is 346 g/mol. The fourth-order valence-corrected chi connectivity index (χ4v) is 3.01. The van der Waals surface area contributed by atoms with Gasteiger partial charge < -0.3 is 15.0 Å². The Morgan fingerprint density at radius 3 is 2.60 bits per heavy atom. The van der Waals surface area contributed by atoms with Crippen LogP contribution in [0.3, 0.4) is 0 Å². The Bertz CT molecular complexity index is 624. The summed E-state index contributed by atoms with van der Waals surface area (Å²) in [6, 6.07) is 7.32. The molecular weight excluding hydrogens is 320 g/mol. The number of aryl methyl sites for hydroxylation is 1. The van der Waals surface area contributed by atoms with Crippen molar-refractivity contribution in [1.82, 2.24) is 10.2 Å². The van der Waals surface area contributed by atoms with Crippen LogP contribution in [0.1, 0.15) is 48.0 Å². The number of likely N-dealkylation sites (N-methyl/N-ethyl adjacent to an activating group) is 1. The summed E-state index contributed by atoms with van der Waals surface area (Å²) in [6.45, 7) is 1.35. The zero-order valence-electron chi connectivity index (χ0n) is 14.9. The third-order valence-electron chi connectivity index (χ3n) is 4.55. The summed E-state index contributed by atoms with van der Waals surface area (Å²) in [7, 11) is 1.76. The highest BCUT2D eigenvalue weighted by atomic mass is 16.5. The topological polar surface area (TPSA) is 75.7 Å². The van der Waals surface area contributed by atoms with Crippen molar-refractivity contribution in [2.24, 2.45) is 0 Å². The number of nitrogens with zero attached hydrogens (tertiary/aromatic N) is 1. The van der Waals surface area contributed by atoms with Crippen molar-refractivity contribution in [2.45, 2.75) is 45.1 Å². The average Bonchev–Trinajstić information content (AvgIpc) is 2.64. The van der Waals surface area contributed by atoms with E-state index in [2.05, 4.69) is 5.32 Å². The molecule has 0 saturated heterocycles. The molecule has 0 unspecified atom stereocenters. The van der Waals surface area contributed by atoms with E-state index in [1.165, 1.54) is 6.42 Å². The second-order valence-electron chi connectivity index (χ2n) is 6.51. The van der Waals surface area contributed by atoms with E-state index in [4.69, 9.17) is 4.74 Å². The van der Waals surface area contributed by atoms with Crippen molar-refractivity contribution in [3.05, 3.63) is 35.4 Å². The minimum Gasteiger partial charge on any atom is -0.454 e. The van der Waals surface area contributed by atoms with Crippen LogP contribution in [-0.2, 0) is 14.3 Å². The molecule has 2 rings (SSSR count). The van der Waals surface area contributed by atoms with Gasteiger partial charge in [-0.25, -0.2) is 0 Å². The van der Waals surface area contributed by atoms with Gasteiger partial charge in [-0.05, 0) is 31.9 Å². The summed E-state index contributed by atoms with van der Waals surface area (Å²) in [5.41, 5.74) is 1.45. The van der Waals surface area contributed by atoms with E-state index >= 15 is 0 Å². The molecule has 1 aliphatic rings. The summed E-state index contributed by atoms with van der Waals surface area (Å²) in [5, 5.41) is 2.50. The minimum absolute atomic E-state index is 0.203. The minimum atomic E-state index is -0.619. The number of hydrogen-bond acceptors (Lipinski definition) is 4. The van der Waals surface area contributed by atoms with Crippen LogP contribution in [0.4, 0.5) is 0 Å². The number of rotatable bonds is 6. The van der Waals surface area contributed by atoms with Gasteiger partial charge in [0.15, 0.2) is 6.61 Å². The molecule has 1 aromatic carbocycles. The fourth-order valence-electron chi connectivity index (χ4n) is 3.01. The van der Waals surface area contributed by atoms with Crippen LogP contribution in [-0.4, -0.2) is 48.9 Å². The zero-order chi connectivity index (χ0) is 18.2. The van der Waals surface area contributed by atoms with Crippen molar-refractivity contribution in [1.29, 1.82) is 0 Å². The number of benzene rings is 1. The smallest absolute Gasteiger partial charge is 0.325 e. The van der Waals surface area contributed by atoms with Crippen molar-refractivity contribution < 1.29 is 19.1 Å². The van der Waals surface area contributed by atoms with Crippen LogP contribution in [0, 0.1) is 6.92 Å². The third kappa shape index (κ3) is 5.89. The maximum Gasteiger partial charge on any atom is 0.325 e. The summed E-state index contributed by atoms with van der Waals surface area (Å²) >= 11 is 0. The lowest BCUT2D eigenvalue weighted by Crippen LogP contribution is -2.41. The van der Waals surface area contributed by atoms with Gasteiger partial charge in [0.1, 0.15) is 6.54 Å². The van der Waals surface area contributed by atoms with E-state index in [1.807, 2.05) is 13.0 Å². The van der Waals surface area contributed by atoms with Crippen molar-refractivity contribution in [3.63, 3.8) is 0 Å². The maximum atomic E-state index is 12.1. The van der Waals surface area contributed by atoms with Crippen molar-refractivity contribution >= 4 is 17.8 Å². The molecule has 1 aromatic rings. The molecule has 1 saturated carbocycles. The number of hydrogen-bond donors (Lipinski definition) is 1. The van der Waals surface area contributed by atoms with E-state index in [1.54, 1.807) is 30.1 Å². The van der Waals surface area contributed by atoms with Gasteiger partial charge in [0, 0.05) is 18.7 Å². The molecule has 136 valence electrons. The Labute approximate surface area is 148 Å². The van der Waals surface area contributed by atoms with Gasteiger partial charge in [0.2, 0.25) is 0 Å². The summed E-state index contributed by atoms with van der Waals surface area (Å²) in [4.78, 5) is 37.5. The quantitative estimate of drug-likeness (QED) is 0.800. The van der Waals surface area contributed by atoms with Gasteiger partial charge in [0.05, 0.1) is 0 Å². The molecule has 0 aromatic heterocycles. The first-order chi connectivity index (χ1) is 12.0. The van der Waals surface area contributed by atoms with E-state index in [-0.39, 0.29) is 31.0 Å². The Kier molecular flexibility index (Phi) is 6.98. The lowest BCUT2D eigenvalue weighted by atomic mass is 9.94. The highest BCUT2D eigenvalue weighted by molar-refractivity contribution is 5.96. The van der Waals surface area contributed by atoms with E-state index in [9.17, 15) is 14.4 Å². The molecule has 6 nitrogen and oxygen atoms in total. The van der Waals surface area contributed by atoms with E-state index < -0.39 is 5.97 Å². The Morgan fingerprint density at radius 1 is 1.20 bits per heavy atom. The molecular formula is C19H26N2O4. The number of carbonyl (C=O) groups is 3. The molecule has 0 heterocycles. The molecule has 0 spiro atoms. The molecule has 0 atom stereocenters. The molecule has 25 heavy (non-hydrogen) atoms. The predicted octanol–water partition coefficient (Wildman–Crippen LogP) is 2.06. The lowest BCUT2D eigenvalue weighted by molar-refractivity contribution is -0.151. The third-order valence-corrected chi connectivity index (χ3v) is 4.55. The summed E-state index contributed by atoms with van der Waals surface area (Å²) in [6.07, 6.45) is 5.49. The number of amides is 2. The van der Waals surface area contributed by atoms with Gasteiger partial charge >= 0.3 is 5.97 Å². The predicted molar refractivity (Wildman–Crippen MR) is 94.1 cm³/mol. The van der Waals surface area contributed by atoms with Crippen LogP contribution in [0.5, 0.6) is 0 Å². The molecule has 0 aliphatic heterocycles. The highest BCUT2D eigenvalue weighted by Crippen LogP contribution is 2.21. The van der Waals surface area contributed by atoms with Crippen LogP contribution in [0.15, 0.2) is 24.3 Å². The SMILES string of the molecule is Cc1cccc(C(=O)NCC(=O)OCC(=O)N(C)C2CCCCC2)c1. The monoisotopic (exact) mass is 346 g/mol. The first-order valence-corrected chi connectivity index (χ1v) is 8.73. The lowest BCUT2D eigenvalue weighted by Gasteiger charge is -2.31. The summed E-state index contributed by atoms with van der Waals surface area (Å²) in [5.74, 6) is -1.16. The molecule has 0 bridgehead atoms. The Hall–Kier alpha value is -2.37. The van der Waals surface area contributed by atoms with Gasteiger partial charge in [-0.1, -0.05) is 37.0 Å². The van der Waals surface area contributed by atoms with E-state index in [0.717, 1.165) is 31.2 Å². The molecule has 6 heteroatoms. The number of esters is 1. The fraction of sp³-hybridized carbons (Fsp3) is 0.526. The number of nitrogens with one attached hydrogen (secondary N) is 1. The second kappa shape index (κ2) is 9.20. The zero-order valence-corrected chi connectivity index (χ0v) is 14.9. The maximum absolute atomic E-state index is 12.1. The Balaban J connectivity index is 1.71. The number of carbonyl (C=O) groups excluding carboxylic acids is 3. The van der Waals surface area contributed by atoms with Crippen LogP contribution in [0.2, 0.25) is 0 Å². The van der Waals surface area contributed by atoms with E-state index in [0.29, 0.717) is 5.56 Å². The highest BCUT2D eigenvalue weighted by Gasteiger charge is 2.22. The van der Waals surface area contributed by atoms with Gasteiger partial charge in [-0.3, -0.25) is 14.4 Å².